The highest BCUT2D eigenvalue weighted by Crippen LogP contribution is 2.30. The third-order valence-corrected chi connectivity index (χ3v) is 3.19. The van der Waals surface area contributed by atoms with Crippen molar-refractivity contribution in [2.75, 3.05) is 4.90 Å². The predicted octanol–water partition coefficient (Wildman–Crippen LogP) is 2.58. The van der Waals surface area contributed by atoms with Gasteiger partial charge in [-0.2, -0.15) is 0 Å². The van der Waals surface area contributed by atoms with Gasteiger partial charge in [-0.15, -0.1) is 0 Å². The molecule has 1 aliphatic heterocycles. The van der Waals surface area contributed by atoms with Crippen molar-refractivity contribution in [3.8, 4) is 0 Å². The number of carbonyl (C=O) groups excluding carboxylic acids is 3. The summed E-state index contributed by atoms with van der Waals surface area (Å²) in [6.45, 7) is 0. The highest BCUT2D eigenvalue weighted by molar-refractivity contribution is 6.34. The summed E-state index contributed by atoms with van der Waals surface area (Å²) in [5.41, 5.74) is 0.0545. The molecule has 0 radical (unpaired) electrons. The van der Waals surface area contributed by atoms with E-state index in [4.69, 9.17) is 0 Å². The van der Waals surface area contributed by atoms with Crippen molar-refractivity contribution in [3.63, 3.8) is 0 Å². The van der Waals surface area contributed by atoms with Gasteiger partial charge in [0.1, 0.15) is 6.29 Å². The second-order valence-electron chi connectivity index (χ2n) is 4.47. The Hall–Kier alpha value is -2.89. The molecule has 0 unspecified atom stereocenters. The van der Waals surface area contributed by atoms with E-state index >= 15 is 0 Å². The lowest BCUT2D eigenvalue weighted by Gasteiger charge is -2.13. The van der Waals surface area contributed by atoms with E-state index in [-0.39, 0.29) is 22.4 Å². The number of carbonyl (C=O) groups is 3. The molecule has 0 atom stereocenters. The first-order valence-corrected chi connectivity index (χ1v) is 5.96. The van der Waals surface area contributed by atoms with Gasteiger partial charge in [0.25, 0.3) is 11.8 Å². The van der Waals surface area contributed by atoms with Crippen molar-refractivity contribution in [1.82, 2.24) is 0 Å². The average molecular weight is 287 g/mol. The van der Waals surface area contributed by atoms with Crippen LogP contribution in [0.25, 0.3) is 0 Å². The van der Waals surface area contributed by atoms with E-state index in [1.54, 1.807) is 0 Å². The Labute approximate surface area is 117 Å². The van der Waals surface area contributed by atoms with Crippen LogP contribution in [0.15, 0.2) is 36.4 Å². The first-order chi connectivity index (χ1) is 10.0. The molecule has 0 fully saturated rings. The number of nitrogens with zero attached hydrogens (tertiary/aromatic N) is 1. The number of rotatable bonds is 2. The minimum atomic E-state index is -1.20. The van der Waals surface area contributed by atoms with Crippen LogP contribution in [0.1, 0.15) is 31.1 Å². The molecule has 2 aromatic carbocycles. The van der Waals surface area contributed by atoms with Gasteiger partial charge in [0, 0.05) is 5.56 Å². The Morgan fingerprint density at radius 3 is 2.00 bits per heavy atom. The smallest absolute Gasteiger partial charge is 0.266 e. The van der Waals surface area contributed by atoms with Gasteiger partial charge in [-0.25, -0.2) is 13.7 Å². The van der Waals surface area contributed by atoms with Crippen molar-refractivity contribution in [2.45, 2.75) is 0 Å². The molecule has 1 heterocycles. The molecule has 3 rings (SSSR count). The number of hydrogen-bond donors (Lipinski definition) is 0. The van der Waals surface area contributed by atoms with Crippen LogP contribution in [0.4, 0.5) is 14.5 Å². The molecule has 6 heteroatoms. The van der Waals surface area contributed by atoms with E-state index in [9.17, 15) is 23.2 Å². The molecule has 0 N–H and O–H groups in total. The number of aldehydes is 1. The maximum atomic E-state index is 13.2. The molecular weight excluding hydrogens is 280 g/mol. The van der Waals surface area contributed by atoms with Crippen LogP contribution in [0.5, 0.6) is 0 Å². The fourth-order valence-electron chi connectivity index (χ4n) is 2.21. The molecule has 4 nitrogen and oxygen atoms in total. The van der Waals surface area contributed by atoms with E-state index in [0.29, 0.717) is 18.4 Å². The molecule has 0 saturated heterocycles. The number of hydrogen-bond acceptors (Lipinski definition) is 3. The van der Waals surface area contributed by atoms with Gasteiger partial charge in [0.05, 0.1) is 16.8 Å². The van der Waals surface area contributed by atoms with E-state index in [0.717, 1.165) is 4.90 Å². The summed E-state index contributed by atoms with van der Waals surface area (Å²) in [4.78, 5) is 35.9. The van der Waals surface area contributed by atoms with Crippen LogP contribution in [0, 0.1) is 11.6 Å². The molecule has 0 spiro atoms. The van der Waals surface area contributed by atoms with E-state index in [1.807, 2.05) is 0 Å². The predicted molar refractivity (Wildman–Crippen MR) is 69.3 cm³/mol. The van der Waals surface area contributed by atoms with Gasteiger partial charge in [0.15, 0.2) is 11.6 Å². The average Bonchev–Trinajstić information content (AvgIpc) is 2.71. The summed E-state index contributed by atoms with van der Waals surface area (Å²) >= 11 is 0. The van der Waals surface area contributed by atoms with Gasteiger partial charge in [-0.3, -0.25) is 14.4 Å². The number of anilines is 1. The Kier molecular flexibility index (Phi) is 2.86. The summed E-state index contributed by atoms with van der Waals surface area (Å²) in [5.74, 6) is -3.90. The zero-order chi connectivity index (χ0) is 15.1. The first-order valence-electron chi connectivity index (χ1n) is 5.96. The zero-order valence-corrected chi connectivity index (χ0v) is 10.5. The maximum absolute atomic E-state index is 13.2. The number of fused-ring (bicyclic) bond motifs is 1. The molecule has 21 heavy (non-hydrogen) atoms. The lowest BCUT2D eigenvalue weighted by atomic mass is 10.1. The van der Waals surface area contributed by atoms with Crippen molar-refractivity contribution >= 4 is 23.8 Å². The third kappa shape index (κ3) is 1.92. The number of imide groups is 1. The Morgan fingerprint density at radius 2 is 1.48 bits per heavy atom. The topological polar surface area (TPSA) is 54.5 Å². The summed E-state index contributed by atoms with van der Waals surface area (Å²) in [5, 5.41) is 0. The molecule has 0 aromatic heterocycles. The normalized spacial score (nSPS) is 13.5. The lowest BCUT2D eigenvalue weighted by Crippen LogP contribution is -2.29. The van der Waals surface area contributed by atoms with Crippen molar-refractivity contribution < 1.29 is 23.2 Å². The largest absolute Gasteiger partial charge is 0.298 e. The second kappa shape index (κ2) is 4.59. The number of halogens is 2. The van der Waals surface area contributed by atoms with Crippen LogP contribution in [0.2, 0.25) is 0 Å². The second-order valence-corrected chi connectivity index (χ2v) is 4.47. The highest BCUT2D eigenvalue weighted by Gasteiger charge is 2.37. The van der Waals surface area contributed by atoms with Crippen LogP contribution in [-0.4, -0.2) is 18.1 Å². The van der Waals surface area contributed by atoms with Gasteiger partial charge >= 0.3 is 0 Å². The number of benzene rings is 2. The molecular formula is C15H7F2NO3. The Balaban J connectivity index is 2.13. The molecule has 1 aliphatic rings. The zero-order valence-electron chi connectivity index (χ0n) is 10.5. The van der Waals surface area contributed by atoms with Crippen LogP contribution < -0.4 is 4.90 Å². The summed E-state index contributed by atoms with van der Waals surface area (Å²) in [6.07, 6.45) is 0.570. The van der Waals surface area contributed by atoms with Crippen molar-refractivity contribution in [1.29, 1.82) is 0 Å². The molecule has 2 amide bonds. The summed E-state index contributed by atoms with van der Waals surface area (Å²) in [7, 11) is 0. The third-order valence-electron chi connectivity index (χ3n) is 3.19. The first kappa shape index (κ1) is 13.1. The monoisotopic (exact) mass is 287 g/mol. The van der Waals surface area contributed by atoms with Crippen LogP contribution >= 0.6 is 0 Å². The number of amides is 2. The van der Waals surface area contributed by atoms with Gasteiger partial charge in [-0.05, 0) is 24.3 Å². The quantitative estimate of drug-likeness (QED) is 0.630. The SMILES string of the molecule is O=Cc1cccc(N2C(=O)c3cc(F)c(F)cc3C2=O)c1. The van der Waals surface area contributed by atoms with Crippen molar-refractivity contribution in [2.24, 2.45) is 0 Å². The minimum Gasteiger partial charge on any atom is -0.298 e. The summed E-state index contributed by atoms with van der Waals surface area (Å²) in [6, 6.07) is 7.23. The van der Waals surface area contributed by atoms with Gasteiger partial charge in [-0.1, -0.05) is 12.1 Å². The lowest BCUT2D eigenvalue weighted by molar-refractivity contribution is 0.0925. The fraction of sp³-hybridized carbons (Fsp3) is 0. The molecule has 2 aromatic rings. The molecule has 0 bridgehead atoms. The molecule has 0 aliphatic carbocycles. The van der Waals surface area contributed by atoms with Crippen LogP contribution in [-0.2, 0) is 0 Å². The van der Waals surface area contributed by atoms with E-state index in [1.165, 1.54) is 24.3 Å². The van der Waals surface area contributed by atoms with E-state index < -0.39 is 23.4 Å². The van der Waals surface area contributed by atoms with E-state index in [2.05, 4.69) is 0 Å². The van der Waals surface area contributed by atoms with Crippen LogP contribution in [0.3, 0.4) is 0 Å². The Bertz CT molecular complexity index is 761. The minimum absolute atomic E-state index is 0.173. The van der Waals surface area contributed by atoms with Gasteiger partial charge in [0.2, 0.25) is 0 Å². The highest BCUT2D eigenvalue weighted by atomic mass is 19.2. The summed E-state index contributed by atoms with van der Waals surface area (Å²) < 4.78 is 26.4. The molecule has 104 valence electrons. The standard InChI is InChI=1S/C15H7F2NO3/c16-12-5-10-11(6-13(12)17)15(21)18(14(10)20)9-3-1-2-8(4-9)7-19/h1-7H. The Morgan fingerprint density at radius 1 is 0.905 bits per heavy atom. The van der Waals surface area contributed by atoms with Crippen molar-refractivity contribution in [3.05, 3.63) is 64.7 Å². The fourth-order valence-corrected chi connectivity index (χ4v) is 2.21. The molecule has 0 saturated carbocycles. The van der Waals surface area contributed by atoms with Gasteiger partial charge < -0.3 is 0 Å². The maximum Gasteiger partial charge on any atom is 0.266 e.